The summed E-state index contributed by atoms with van der Waals surface area (Å²) < 4.78 is 48.4. The quantitative estimate of drug-likeness (QED) is 0.393. The molecule has 0 saturated carbocycles. The fraction of sp³-hybridized carbons (Fsp3) is 0.500. The molecule has 0 saturated heterocycles. The van der Waals surface area contributed by atoms with E-state index in [0.717, 1.165) is 25.0 Å². The van der Waals surface area contributed by atoms with E-state index in [9.17, 15) is 22.8 Å². The Morgan fingerprint density at radius 1 is 0.957 bits per heavy atom. The molecular formula is C16H19F3O4. The highest BCUT2D eigenvalue weighted by Crippen LogP contribution is 2.14. The van der Waals surface area contributed by atoms with Gasteiger partial charge in [-0.05, 0) is 30.5 Å². The summed E-state index contributed by atoms with van der Waals surface area (Å²) in [7, 11) is 0. The molecule has 128 valence electrons. The van der Waals surface area contributed by atoms with Gasteiger partial charge in [-0.3, -0.25) is 9.59 Å². The number of carbonyl (C=O) groups is 2. The zero-order chi connectivity index (χ0) is 17.2. The summed E-state index contributed by atoms with van der Waals surface area (Å²) in [5, 5.41) is 0. The average molecular weight is 332 g/mol. The minimum Gasteiger partial charge on any atom is -0.466 e. The van der Waals surface area contributed by atoms with Crippen LogP contribution in [0.2, 0.25) is 0 Å². The number of unbranched alkanes of at least 4 members (excludes halogenated alkanes) is 1. The van der Waals surface area contributed by atoms with Crippen LogP contribution in [0.5, 0.6) is 0 Å². The molecule has 0 aliphatic heterocycles. The monoisotopic (exact) mass is 332 g/mol. The maximum absolute atomic E-state index is 13.0. The van der Waals surface area contributed by atoms with Crippen LogP contribution in [0.4, 0.5) is 13.2 Å². The Balaban J connectivity index is 2.26. The van der Waals surface area contributed by atoms with Crippen LogP contribution in [-0.2, 0) is 25.7 Å². The van der Waals surface area contributed by atoms with Gasteiger partial charge in [0, 0.05) is 12.8 Å². The second-order valence-corrected chi connectivity index (χ2v) is 4.96. The van der Waals surface area contributed by atoms with Gasteiger partial charge in [0.15, 0.2) is 17.5 Å². The molecule has 0 unspecified atom stereocenters. The van der Waals surface area contributed by atoms with Gasteiger partial charge in [-0.15, -0.1) is 0 Å². The van der Waals surface area contributed by atoms with E-state index in [1.54, 1.807) is 0 Å². The van der Waals surface area contributed by atoms with Gasteiger partial charge in [-0.25, -0.2) is 13.2 Å². The molecule has 0 bridgehead atoms. The van der Waals surface area contributed by atoms with Gasteiger partial charge in [0.05, 0.1) is 6.61 Å². The highest BCUT2D eigenvalue weighted by molar-refractivity contribution is 5.72. The molecule has 0 aliphatic rings. The van der Waals surface area contributed by atoms with Crippen LogP contribution in [0.15, 0.2) is 12.1 Å². The lowest BCUT2D eigenvalue weighted by atomic mass is 10.2. The van der Waals surface area contributed by atoms with Crippen molar-refractivity contribution in [3.05, 3.63) is 35.1 Å². The fourth-order valence-electron chi connectivity index (χ4n) is 1.71. The SMILES string of the molecule is CCCCOC(=O)CCCC(=O)OCc1cc(F)c(F)c(F)c1. The van der Waals surface area contributed by atoms with Crippen LogP contribution in [0.3, 0.4) is 0 Å². The topological polar surface area (TPSA) is 52.6 Å². The largest absolute Gasteiger partial charge is 0.466 e. The smallest absolute Gasteiger partial charge is 0.306 e. The van der Waals surface area contributed by atoms with E-state index in [-0.39, 0.29) is 37.4 Å². The zero-order valence-electron chi connectivity index (χ0n) is 12.9. The first-order chi connectivity index (χ1) is 10.9. The number of esters is 2. The summed E-state index contributed by atoms with van der Waals surface area (Å²) in [6.45, 7) is 1.97. The second kappa shape index (κ2) is 9.86. The Labute approximate surface area is 132 Å². The number of hydrogen-bond donors (Lipinski definition) is 0. The predicted octanol–water partition coefficient (Wildman–Crippen LogP) is 3.66. The van der Waals surface area contributed by atoms with Gasteiger partial charge < -0.3 is 9.47 Å². The summed E-state index contributed by atoms with van der Waals surface area (Å²) in [5.41, 5.74) is 0.00808. The highest BCUT2D eigenvalue weighted by atomic mass is 19.2. The van der Waals surface area contributed by atoms with Crippen molar-refractivity contribution in [3.8, 4) is 0 Å². The van der Waals surface area contributed by atoms with Crippen molar-refractivity contribution >= 4 is 11.9 Å². The van der Waals surface area contributed by atoms with Gasteiger partial charge in [0.1, 0.15) is 6.61 Å². The normalized spacial score (nSPS) is 10.4. The van der Waals surface area contributed by atoms with E-state index in [1.807, 2.05) is 6.92 Å². The number of halogens is 3. The van der Waals surface area contributed by atoms with E-state index < -0.39 is 23.4 Å². The summed E-state index contributed by atoms with van der Waals surface area (Å²) in [4.78, 5) is 22.8. The zero-order valence-corrected chi connectivity index (χ0v) is 12.9. The first-order valence-corrected chi connectivity index (χ1v) is 7.38. The Morgan fingerprint density at radius 3 is 2.09 bits per heavy atom. The molecule has 4 nitrogen and oxygen atoms in total. The van der Waals surface area contributed by atoms with Crippen LogP contribution in [0, 0.1) is 17.5 Å². The van der Waals surface area contributed by atoms with Crippen molar-refractivity contribution in [1.29, 1.82) is 0 Å². The molecular weight excluding hydrogens is 313 g/mol. The molecule has 0 aromatic heterocycles. The molecule has 0 aliphatic carbocycles. The van der Waals surface area contributed by atoms with Crippen molar-refractivity contribution in [2.24, 2.45) is 0 Å². The first kappa shape index (κ1) is 19.0. The highest BCUT2D eigenvalue weighted by Gasteiger charge is 2.12. The molecule has 1 aromatic rings. The molecule has 0 radical (unpaired) electrons. The van der Waals surface area contributed by atoms with E-state index in [4.69, 9.17) is 9.47 Å². The Hall–Kier alpha value is -2.05. The summed E-state index contributed by atoms with van der Waals surface area (Å²) in [5.74, 6) is -5.25. The number of rotatable bonds is 9. The third-order valence-electron chi connectivity index (χ3n) is 2.97. The standard InChI is InChI=1S/C16H19F3O4/c1-2-3-7-22-14(20)5-4-6-15(21)23-10-11-8-12(17)16(19)13(18)9-11/h8-9H,2-7,10H2,1H3. The minimum atomic E-state index is -1.57. The number of carbonyl (C=O) groups excluding carboxylic acids is 2. The third kappa shape index (κ3) is 7.17. The molecule has 0 heterocycles. The fourth-order valence-corrected chi connectivity index (χ4v) is 1.71. The average Bonchev–Trinajstić information content (AvgIpc) is 2.50. The molecule has 0 spiro atoms. The molecule has 0 atom stereocenters. The van der Waals surface area contributed by atoms with Gasteiger partial charge in [-0.1, -0.05) is 13.3 Å². The molecule has 1 rings (SSSR count). The van der Waals surface area contributed by atoms with E-state index in [1.165, 1.54) is 0 Å². The lowest BCUT2D eigenvalue weighted by Crippen LogP contribution is -2.09. The number of benzene rings is 1. The van der Waals surface area contributed by atoms with Crippen molar-refractivity contribution in [3.63, 3.8) is 0 Å². The summed E-state index contributed by atoms with van der Waals surface area (Å²) >= 11 is 0. The van der Waals surface area contributed by atoms with Crippen LogP contribution in [-0.4, -0.2) is 18.5 Å². The Morgan fingerprint density at radius 2 is 1.52 bits per heavy atom. The van der Waals surface area contributed by atoms with E-state index >= 15 is 0 Å². The number of ether oxygens (including phenoxy) is 2. The van der Waals surface area contributed by atoms with Crippen molar-refractivity contribution < 1.29 is 32.2 Å². The molecule has 0 N–H and O–H groups in total. The molecule has 0 fully saturated rings. The van der Waals surface area contributed by atoms with Crippen LogP contribution < -0.4 is 0 Å². The lowest BCUT2D eigenvalue weighted by Gasteiger charge is -2.06. The maximum Gasteiger partial charge on any atom is 0.306 e. The summed E-state index contributed by atoms with van der Waals surface area (Å²) in [6, 6.07) is 1.52. The number of hydrogen-bond acceptors (Lipinski definition) is 4. The molecule has 7 heteroatoms. The predicted molar refractivity (Wildman–Crippen MR) is 75.8 cm³/mol. The minimum absolute atomic E-state index is 0.00808. The maximum atomic E-state index is 13.0. The van der Waals surface area contributed by atoms with E-state index in [0.29, 0.717) is 6.61 Å². The van der Waals surface area contributed by atoms with Gasteiger partial charge in [0.25, 0.3) is 0 Å². The molecule has 1 aromatic carbocycles. The van der Waals surface area contributed by atoms with Crippen molar-refractivity contribution in [2.75, 3.05) is 6.61 Å². The molecule has 0 amide bonds. The van der Waals surface area contributed by atoms with Gasteiger partial charge >= 0.3 is 11.9 Å². The second-order valence-electron chi connectivity index (χ2n) is 4.96. The van der Waals surface area contributed by atoms with Crippen LogP contribution >= 0.6 is 0 Å². The first-order valence-electron chi connectivity index (χ1n) is 7.38. The Bertz CT molecular complexity index is 523. The lowest BCUT2D eigenvalue weighted by molar-refractivity contribution is -0.146. The van der Waals surface area contributed by atoms with Crippen LogP contribution in [0.1, 0.15) is 44.6 Å². The van der Waals surface area contributed by atoms with Crippen LogP contribution in [0.25, 0.3) is 0 Å². The van der Waals surface area contributed by atoms with Gasteiger partial charge in [-0.2, -0.15) is 0 Å². The Kier molecular flexibility index (Phi) is 8.15. The van der Waals surface area contributed by atoms with Gasteiger partial charge in [0.2, 0.25) is 0 Å². The summed E-state index contributed by atoms with van der Waals surface area (Å²) in [6.07, 6.45) is 2.05. The third-order valence-corrected chi connectivity index (χ3v) is 2.97. The van der Waals surface area contributed by atoms with E-state index in [2.05, 4.69) is 0 Å². The van der Waals surface area contributed by atoms with Crippen molar-refractivity contribution in [1.82, 2.24) is 0 Å². The molecule has 23 heavy (non-hydrogen) atoms. The van der Waals surface area contributed by atoms with Crippen molar-refractivity contribution in [2.45, 2.75) is 45.6 Å².